The maximum absolute atomic E-state index is 11.0. The van der Waals surface area contributed by atoms with Crippen molar-refractivity contribution in [3.05, 3.63) is 71.3 Å². The van der Waals surface area contributed by atoms with Crippen molar-refractivity contribution in [1.82, 2.24) is 9.91 Å². The maximum atomic E-state index is 11.0. The first-order chi connectivity index (χ1) is 13.2. The number of hydrazone groups is 1. The van der Waals surface area contributed by atoms with E-state index in [-0.39, 0.29) is 5.96 Å². The molecule has 1 aliphatic heterocycles. The van der Waals surface area contributed by atoms with E-state index < -0.39 is 0 Å². The molecule has 1 aliphatic rings. The first-order valence-electron chi connectivity index (χ1n) is 9.22. The van der Waals surface area contributed by atoms with E-state index in [2.05, 4.69) is 4.90 Å². The minimum Gasteiger partial charge on any atom is -0.369 e. The van der Waals surface area contributed by atoms with Crippen LogP contribution in [0.5, 0.6) is 0 Å². The molecule has 2 aromatic carbocycles. The second kappa shape index (κ2) is 8.98. The highest BCUT2D eigenvalue weighted by molar-refractivity contribution is 5.99. The van der Waals surface area contributed by atoms with Crippen molar-refractivity contribution >= 4 is 18.1 Å². The molecule has 0 amide bonds. The van der Waals surface area contributed by atoms with E-state index in [0.29, 0.717) is 12.1 Å². The number of nitrogens with two attached hydrogens (primary N) is 1. The quantitative estimate of drug-likeness (QED) is 0.370. The highest BCUT2D eigenvalue weighted by atomic mass is 16.1. The normalized spacial score (nSPS) is 14.7. The molecule has 3 rings (SSSR count). The van der Waals surface area contributed by atoms with Crippen LogP contribution in [0.2, 0.25) is 0 Å². The van der Waals surface area contributed by atoms with Crippen LogP contribution in [0.25, 0.3) is 0 Å². The molecule has 6 nitrogen and oxygen atoms in total. The molecular formula is C21H25N5O. The Labute approximate surface area is 159 Å². The molecule has 3 N–H and O–H groups in total. The number of likely N-dealkylation sites (tertiary alicyclic amines) is 1. The predicted molar refractivity (Wildman–Crippen MR) is 108 cm³/mol. The van der Waals surface area contributed by atoms with Crippen LogP contribution in [-0.4, -0.2) is 41.1 Å². The third-order valence-corrected chi connectivity index (χ3v) is 4.63. The minimum absolute atomic E-state index is 0.0992. The Balaban J connectivity index is 1.94. The van der Waals surface area contributed by atoms with Gasteiger partial charge >= 0.3 is 0 Å². The molecule has 0 aromatic heterocycles. The van der Waals surface area contributed by atoms with Crippen molar-refractivity contribution in [1.29, 1.82) is 5.41 Å². The Hall–Kier alpha value is -3.15. The number of benzene rings is 2. The van der Waals surface area contributed by atoms with Gasteiger partial charge in [-0.1, -0.05) is 54.6 Å². The molecule has 0 atom stereocenters. The Kier molecular flexibility index (Phi) is 6.20. The van der Waals surface area contributed by atoms with Crippen LogP contribution in [0, 0.1) is 5.41 Å². The summed E-state index contributed by atoms with van der Waals surface area (Å²) in [5, 5.41) is 14.2. The lowest BCUT2D eigenvalue weighted by molar-refractivity contribution is 0.112. The predicted octanol–water partition coefficient (Wildman–Crippen LogP) is 3.04. The number of aldehydes is 1. The van der Waals surface area contributed by atoms with Crippen molar-refractivity contribution in [2.75, 3.05) is 13.1 Å². The van der Waals surface area contributed by atoms with Crippen LogP contribution in [0.3, 0.4) is 0 Å². The molecule has 0 aliphatic carbocycles. The fraction of sp³-hybridized carbons (Fsp3) is 0.286. The summed E-state index contributed by atoms with van der Waals surface area (Å²) in [7, 11) is 0. The summed E-state index contributed by atoms with van der Waals surface area (Å²) in [4.78, 5) is 13.2. The molecule has 6 heteroatoms. The van der Waals surface area contributed by atoms with Gasteiger partial charge in [0.1, 0.15) is 6.29 Å². The fourth-order valence-corrected chi connectivity index (χ4v) is 3.17. The van der Waals surface area contributed by atoms with E-state index >= 15 is 0 Å². The zero-order valence-electron chi connectivity index (χ0n) is 15.3. The van der Waals surface area contributed by atoms with Crippen LogP contribution in [-0.2, 0) is 6.54 Å². The van der Waals surface area contributed by atoms with Gasteiger partial charge in [-0.05, 0) is 24.8 Å². The number of hydrogen-bond acceptors (Lipinski definition) is 3. The van der Waals surface area contributed by atoms with Gasteiger partial charge in [0.25, 0.3) is 0 Å². The van der Waals surface area contributed by atoms with Gasteiger partial charge in [0.15, 0.2) is 5.84 Å². The van der Waals surface area contributed by atoms with Gasteiger partial charge in [-0.2, -0.15) is 5.10 Å². The number of nitrogens with one attached hydrogen (secondary N) is 1. The van der Waals surface area contributed by atoms with Gasteiger partial charge < -0.3 is 10.6 Å². The molecule has 1 saturated heterocycles. The topological polar surface area (TPSA) is 85.8 Å². The summed E-state index contributed by atoms with van der Waals surface area (Å²) in [5.41, 5.74) is 8.40. The number of carbonyl (C=O) groups is 1. The average Bonchev–Trinajstić information content (AvgIpc) is 2.72. The van der Waals surface area contributed by atoms with Crippen LogP contribution in [0.4, 0.5) is 0 Å². The summed E-state index contributed by atoms with van der Waals surface area (Å²) in [6.07, 6.45) is 4.28. The second-order valence-electron chi connectivity index (χ2n) is 6.64. The molecule has 140 valence electrons. The Bertz CT molecular complexity index is 795. The highest BCUT2D eigenvalue weighted by Gasteiger charge is 2.19. The first kappa shape index (κ1) is 18.6. The van der Waals surface area contributed by atoms with Crippen molar-refractivity contribution in [2.24, 2.45) is 10.8 Å². The van der Waals surface area contributed by atoms with Gasteiger partial charge in [0.05, 0.1) is 6.54 Å². The summed E-state index contributed by atoms with van der Waals surface area (Å²) in [6, 6.07) is 17.2. The van der Waals surface area contributed by atoms with E-state index in [9.17, 15) is 4.79 Å². The lowest BCUT2D eigenvalue weighted by atomic mass is 10.1. The molecule has 27 heavy (non-hydrogen) atoms. The molecule has 0 radical (unpaired) electrons. The van der Waals surface area contributed by atoms with Crippen molar-refractivity contribution < 1.29 is 4.79 Å². The van der Waals surface area contributed by atoms with Crippen LogP contribution < -0.4 is 5.73 Å². The zero-order chi connectivity index (χ0) is 19.1. The number of amidine groups is 1. The van der Waals surface area contributed by atoms with E-state index in [4.69, 9.17) is 16.2 Å². The summed E-state index contributed by atoms with van der Waals surface area (Å²) in [5.74, 6) is 0.691. The monoisotopic (exact) mass is 363 g/mol. The third kappa shape index (κ3) is 4.94. The number of carbonyl (C=O) groups excluding carboxylic acids is 1. The van der Waals surface area contributed by atoms with Gasteiger partial charge in [-0.15, -0.1) is 0 Å². The van der Waals surface area contributed by atoms with Crippen molar-refractivity contribution in [2.45, 2.75) is 25.8 Å². The SMILES string of the molecule is N=C(N)N(Cc1ccccc1)N=C(c1ccc(C=O)cc1)N1CCCCC1. The summed E-state index contributed by atoms with van der Waals surface area (Å²) < 4.78 is 0. The third-order valence-electron chi connectivity index (χ3n) is 4.63. The van der Waals surface area contributed by atoms with E-state index in [0.717, 1.165) is 49.2 Å². The summed E-state index contributed by atoms with van der Waals surface area (Å²) in [6.45, 7) is 2.27. The number of hydrogen-bond donors (Lipinski definition) is 2. The van der Waals surface area contributed by atoms with Crippen LogP contribution in [0.15, 0.2) is 59.7 Å². The fourth-order valence-electron chi connectivity index (χ4n) is 3.17. The molecular weight excluding hydrogens is 338 g/mol. The maximum Gasteiger partial charge on any atom is 0.209 e. The lowest BCUT2D eigenvalue weighted by Crippen LogP contribution is -2.40. The Morgan fingerprint density at radius 2 is 1.74 bits per heavy atom. The van der Waals surface area contributed by atoms with E-state index in [1.54, 1.807) is 12.1 Å². The first-order valence-corrected chi connectivity index (χ1v) is 9.22. The molecule has 0 saturated carbocycles. The standard InChI is InChI=1S/C21H25N5O/c22-21(23)26(15-17-7-3-1-4-8-17)24-20(25-13-5-2-6-14-25)19-11-9-18(16-27)10-12-19/h1,3-4,7-12,16H,2,5-6,13-15H2,(H3,22,23). The highest BCUT2D eigenvalue weighted by Crippen LogP contribution is 2.16. The van der Waals surface area contributed by atoms with Crippen molar-refractivity contribution in [3.8, 4) is 0 Å². The minimum atomic E-state index is -0.0992. The molecule has 1 heterocycles. The molecule has 2 aromatic rings. The number of nitrogens with zero attached hydrogens (tertiary/aromatic N) is 3. The van der Waals surface area contributed by atoms with Crippen LogP contribution >= 0.6 is 0 Å². The number of rotatable bonds is 5. The molecule has 0 bridgehead atoms. The summed E-state index contributed by atoms with van der Waals surface area (Å²) >= 11 is 0. The van der Waals surface area contributed by atoms with Gasteiger partial charge in [0, 0.05) is 24.2 Å². The second-order valence-corrected chi connectivity index (χ2v) is 6.64. The Morgan fingerprint density at radius 3 is 2.33 bits per heavy atom. The smallest absolute Gasteiger partial charge is 0.209 e. The van der Waals surface area contributed by atoms with Gasteiger partial charge in [-0.25, -0.2) is 5.01 Å². The van der Waals surface area contributed by atoms with E-state index in [1.807, 2.05) is 42.5 Å². The largest absolute Gasteiger partial charge is 0.369 e. The molecule has 1 fully saturated rings. The van der Waals surface area contributed by atoms with Gasteiger partial charge in [-0.3, -0.25) is 10.2 Å². The zero-order valence-corrected chi connectivity index (χ0v) is 15.3. The average molecular weight is 363 g/mol. The number of guanidine groups is 1. The van der Waals surface area contributed by atoms with Crippen molar-refractivity contribution in [3.63, 3.8) is 0 Å². The van der Waals surface area contributed by atoms with Gasteiger partial charge in [0.2, 0.25) is 5.96 Å². The Morgan fingerprint density at radius 1 is 1.07 bits per heavy atom. The number of piperidine rings is 1. The molecule has 0 unspecified atom stereocenters. The lowest BCUT2D eigenvalue weighted by Gasteiger charge is -2.31. The van der Waals surface area contributed by atoms with Crippen LogP contribution in [0.1, 0.15) is 40.7 Å². The van der Waals surface area contributed by atoms with E-state index in [1.165, 1.54) is 11.4 Å². The molecule has 0 spiro atoms.